The van der Waals surface area contributed by atoms with Crippen LogP contribution in [0.3, 0.4) is 0 Å². The lowest BCUT2D eigenvalue weighted by Gasteiger charge is -2.15. The molecule has 0 heterocycles. The summed E-state index contributed by atoms with van der Waals surface area (Å²) in [4.78, 5) is 11.2. The number of anilines is 1. The van der Waals surface area contributed by atoms with Crippen LogP contribution >= 0.6 is 0 Å². The van der Waals surface area contributed by atoms with E-state index in [2.05, 4.69) is 21.9 Å². The Labute approximate surface area is 130 Å². The Balaban J connectivity index is 2.23. The van der Waals surface area contributed by atoms with E-state index in [1.165, 1.54) is 7.11 Å². The van der Waals surface area contributed by atoms with E-state index in [1.54, 1.807) is 7.11 Å². The van der Waals surface area contributed by atoms with E-state index in [9.17, 15) is 4.79 Å². The number of ether oxygens (including phenoxy) is 2. The first-order valence-corrected chi connectivity index (χ1v) is 6.78. The predicted molar refractivity (Wildman–Crippen MR) is 85.6 cm³/mol. The van der Waals surface area contributed by atoms with Crippen molar-refractivity contribution >= 4 is 11.7 Å². The van der Waals surface area contributed by atoms with Gasteiger partial charge in [0.1, 0.15) is 11.8 Å². The van der Waals surface area contributed by atoms with Gasteiger partial charge in [-0.3, -0.25) is 0 Å². The zero-order valence-corrected chi connectivity index (χ0v) is 12.5. The van der Waals surface area contributed by atoms with Gasteiger partial charge in [0, 0.05) is 11.6 Å². The highest BCUT2D eigenvalue weighted by Crippen LogP contribution is 2.21. The fraction of sp³-hybridized carbons (Fsp3) is 0.167. The molecule has 1 unspecified atom stereocenters. The van der Waals surface area contributed by atoms with Crippen LogP contribution < -0.4 is 10.1 Å². The van der Waals surface area contributed by atoms with Gasteiger partial charge in [0.05, 0.1) is 14.2 Å². The summed E-state index contributed by atoms with van der Waals surface area (Å²) in [7, 11) is 2.93. The van der Waals surface area contributed by atoms with Gasteiger partial charge in [-0.05, 0) is 29.8 Å². The van der Waals surface area contributed by atoms with Crippen molar-refractivity contribution in [1.29, 1.82) is 0 Å². The number of carbonyl (C=O) groups excluding carboxylic acids is 1. The maximum Gasteiger partial charge on any atom is 0.384 e. The predicted octanol–water partition coefficient (Wildman–Crippen LogP) is 3.02. The molecule has 0 amide bonds. The molecule has 22 heavy (non-hydrogen) atoms. The molecule has 0 aliphatic heterocycles. The molecule has 0 spiro atoms. The monoisotopic (exact) mass is 295 g/mol. The first-order valence-electron chi connectivity index (χ1n) is 6.78. The minimum Gasteiger partial charge on any atom is -0.497 e. The molecule has 0 saturated carbocycles. The molecule has 0 radical (unpaired) electrons. The maximum atomic E-state index is 11.2. The summed E-state index contributed by atoms with van der Waals surface area (Å²) in [5.41, 5.74) is 1.85. The second-order valence-electron chi connectivity index (χ2n) is 4.48. The fourth-order valence-electron chi connectivity index (χ4n) is 1.88. The van der Waals surface area contributed by atoms with Crippen LogP contribution in [-0.4, -0.2) is 20.2 Å². The molecule has 112 valence electrons. The van der Waals surface area contributed by atoms with Crippen molar-refractivity contribution in [2.24, 2.45) is 0 Å². The summed E-state index contributed by atoms with van der Waals surface area (Å²) in [6.07, 6.45) is 0. The number of carbonyl (C=O) groups is 1. The molecule has 0 aliphatic rings. The van der Waals surface area contributed by atoms with Gasteiger partial charge < -0.3 is 14.8 Å². The summed E-state index contributed by atoms with van der Waals surface area (Å²) in [6.45, 7) is 0. The summed E-state index contributed by atoms with van der Waals surface area (Å²) >= 11 is 0. The summed E-state index contributed by atoms with van der Waals surface area (Å²) in [5, 5.41) is 3.29. The Morgan fingerprint density at radius 1 is 1.05 bits per heavy atom. The van der Waals surface area contributed by atoms with Crippen LogP contribution in [0.25, 0.3) is 0 Å². The SMILES string of the molecule is COC(=O)C#CC(Nc1ccc(OC)cc1)c1ccccc1. The third-order valence-electron chi connectivity index (χ3n) is 3.04. The van der Waals surface area contributed by atoms with Gasteiger partial charge in [0.15, 0.2) is 0 Å². The molecule has 0 saturated heterocycles. The minimum atomic E-state index is -0.558. The van der Waals surface area contributed by atoms with Crippen molar-refractivity contribution in [2.75, 3.05) is 19.5 Å². The summed E-state index contributed by atoms with van der Waals surface area (Å²) in [5.74, 6) is 5.59. The van der Waals surface area contributed by atoms with Crippen LogP contribution in [-0.2, 0) is 9.53 Å². The highest BCUT2D eigenvalue weighted by molar-refractivity contribution is 5.88. The third-order valence-corrected chi connectivity index (χ3v) is 3.04. The molecule has 0 fully saturated rings. The van der Waals surface area contributed by atoms with Crippen LogP contribution in [0.15, 0.2) is 54.6 Å². The van der Waals surface area contributed by atoms with Gasteiger partial charge >= 0.3 is 5.97 Å². The molecule has 4 nitrogen and oxygen atoms in total. The van der Waals surface area contributed by atoms with Crippen LogP contribution in [0.1, 0.15) is 11.6 Å². The Bertz CT molecular complexity index is 669. The van der Waals surface area contributed by atoms with E-state index >= 15 is 0 Å². The molecule has 1 N–H and O–H groups in total. The third kappa shape index (κ3) is 4.29. The van der Waals surface area contributed by atoms with Crippen molar-refractivity contribution in [1.82, 2.24) is 0 Å². The fourth-order valence-corrected chi connectivity index (χ4v) is 1.88. The van der Waals surface area contributed by atoms with Crippen LogP contribution in [0.4, 0.5) is 5.69 Å². The zero-order chi connectivity index (χ0) is 15.8. The Morgan fingerprint density at radius 3 is 2.32 bits per heavy atom. The first kappa shape index (κ1) is 15.5. The lowest BCUT2D eigenvalue weighted by Crippen LogP contribution is -2.09. The molecule has 0 bridgehead atoms. The van der Waals surface area contributed by atoms with Crippen molar-refractivity contribution in [3.8, 4) is 17.6 Å². The van der Waals surface area contributed by atoms with Gasteiger partial charge in [-0.15, -0.1) is 0 Å². The van der Waals surface area contributed by atoms with Crippen LogP contribution in [0.5, 0.6) is 5.75 Å². The minimum absolute atomic E-state index is 0.311. The molecular formula is C18H17NO3. The topological polar surface area (TPSA) is 47.6 Å². The van der Waals surface area contributed by atoms with Gasteiger partial charge in [-0.2, -0.15) is 0 Å². The molecule has 1 atom stereocenters. The quantitative estimate of drug-likeness (QED) is 0.535. The van der Waals surface area contributed by atoms with Crippen molar-refractivity contribution in [2.45, 2.75) is 6.04 Å². The first-order chi connectivity index (χ1) is 10.7. The molecule has 2 rings (SSSR count). The van der Waals surface area contributed by atoms with Gasteiger partial charge in [0.25, 0.3) is 0 Å². The van der Waals surface area contributed by atoms with Gasteiger partial charge in [-0.25, -0.2) is 4.79 Å². The van der Waals surface area contributed by atoms with E-state index in [0.717, 1.165) is 17.0 Å². The van der Waals surface area contributed by atoms with E-state index in [0.29, 0.717) is 0 Å². The lowest BCUT2D eigenvalue weighted by molar-refractivity contribution is -0.133. The Hall–Kier alpha value is -2.93. The number of nitrogens with one attached hydrogen (secondary N) is 1. The molecular weight excluding hydrogens is 278 g/mol. The lowest BCUT2D eigenvalue weighted by atomic mass is 10.1. The number of hydrogen-bond acceptors (Lipinski definition) is 4. The summed E-state index contributed by atoms with van der Waals surface area (Å²) in [6, 6.07) is 16.9. The van der Waals surface area contributed by atoms with E-state index < -0.39 is 5.97 Å². The Kier molecular flexibility index (Phi) is 5.44. The van der Waals surface area contributed by atoms with Gasteiger partial charge in [0.2, 0.25) is 0 Å². The number of hydrogen-bond donors (Lipinski definition) is 1. The highest BCUT2D eigenvalue weighted by Gasteiger charge is 2.08. The van der Waals surface area contributed by atoms with Crippen LogP contribution in [0, 0.1) is 11.8 Å². The number of rotatable bonds is 4. The standard InChI is InChI=1S/C18H17NO3/c1-21-16-10-8-15(9-11-16)19-17(12-13-18(20)22-2)14-6-4-3-5-7-14/h3-11,17,19H,1-2H3. The van der Waals surface area contributed by atoms with Gasteiger partial charge in [-0.1, -0.05) is 36.3 Å². The number of benzene rings is 2. The number of methoxy groups -OCH3 is 2. The molecule has 0 aromatic heterocycles. The average Bonchev–Trinajstić information content (AvgIpc) is 2.59. The second-order valence-corrected chi connectivity index (χ2v) is 4.48. The molecule has 2 aromatic carbocycles. The molecule has 2 aromatic rings. The smallest absolute Gasteiger partial charge is 0.384 e. The van der Waals surface area contributed by atoms with Crippen molar-refractivity contribution in [3.63, 3.8) is 0 Å². The van der Waals surface area contributed by atoms with Crippen molar-refractivity contribution in [3.05, 3.63) is 60.2 Å². The highest BCUT2D eigenvalue weighted by atomic mass is 16.5. The van der Waals surface area contributed by atoms with E-state index in [4.69, 9.17) is 4.74 Å². The normalized spacial score (nSPS) is 10.8. The second kappa shape index (κ2) is 7.75. The molecule has 0 aliphatic carbocycles. The van der Waals surface area contributed by atoms with E-state index in [1.807, 2.05) is 54.6 Å². The number of esters is 1. The zero-order valence-electron chi connectivity index (χ0n) is 12.5. The average molecular weight is 295 g/mol. The largest absolute Gasteiger partial charge is 0.497 e. The maximum absolute atomic E-state index is 11.2. The van der Waals surface area contributed by atoms with Crippen LogP contribution in [0.2, 0.25) is 0 Å². The van der Waals surface area contributed by atoms with Crippen molar-refractivity contribution < 1.29 is 14.3 Å². The molecule has 4 heteroatoms. The van der Waals surface area contributed by atoms with E-state index in [-0.39, 0.29) is 6.04 Å². The summed E-state index contributed by atoms with van der Waals surface area (Å²) < 4.78 is 9.70. The Morgan fingerprint density at radius 2 is 1.73 bits per heavy atom.